The minimum absolute atomic E-state index is 0.830. The highest BCUT2D eigenvalue weighted by atomic mass is 16.5. The first-order valence-electron chi connectivity index (χ1n) is 6.01. The maximum Gasteiger partial charge on any atom is 0.0452 e. The van der Waals surface area contributed by atoms with E-state index in [1.54, 1.807) is 5.57 Å². The zero-order valence-electron chi connectivity index (χ0n) is 9.13. The van der Waals surface area contributed by atoms with Crippen molar-refractivity contribution in [3.8, 4) is 0 Å². The summed E-state index contributed by atoms with van der Waals surface area (Å²) in [4.78, 5) is 0. The molecule has 1 saturated carbocycles. The summed E-state index contributed by atoms with van der Waals surface area (Å²) in [5, 5.41) is 11.3. The van der Waals surface area contributed by atoms with Gasteiger partial charge in [-0.2, -0.15) is 0 Å². The molecule has 14 heavy (non-hydrogen) atoms. The Morgan fingerprint density at radius 2 is 2.21 bits per heavy atom. The van der Waals surface area contributed by atoms with Crippen LogP contribution in [0.25, 0.3) is 0 Å². The predicted octanol–water partition coefficient (Wildman–Crippen LogP) is 3.33. The minimum atomic E-state index is 0.830. The highest BCUT2D eigenvalue weighted by Gasteiger charge is 2.31. The monoisotopic (exact) mass is 195 g/mol. The van der Waals surface area contributed by atoms with E-state index in [0.717, 1.165) is 25.3 Å². The Balaban J connectivity index is 2.07. The van der Waals surface area contributed by atoms with Gasteiger partial charge in [0.15, 0.2) is 0 Å². The molecule has 0 radical (unpaired) electrons. The number of nitrogens with zero attached hydrogens (tertiary/aromatic N) is 1. The molecule has 0 aromatic carbocycles. The van der Waals surface area contributed by atoms with Crippen LogP contribution in [0.1, 0.15) is 51.9 Å². The molecule has 0 amide bonds. The van der Waals surface area contributed by atoms with Crippen LogP contribution in [0.2, 0.25) is 0 Å². The summed E-state index contributed by atoms with van der Waals surface area (Å²) in [5.74, 6) is 0.830. The highest BCUT2D eigenvalue weighted by molar-refractivity contribution is 5.21. The number of rotatable bonds is 4. The van der Waals surface area contributed by atoms with E-state index >= 15 is 0 Å². The smallest absolute Gasteiger partial charge is 0.0452 e. The van der Waals surface area contributed by atoms with Gasteiger partial charge >= 0.3 is 0 Å². The summed E-state index contributed by atoms with van der Waals surface area (Å²) < 4.78 is 0. The molecule has 0 aromatic heterocycles. The van der Waals surface area contributed by atoms with Crippen molar-refractivity contribution in [2.24, 2.45) is 5.92 Å². The number of allylic oxidation sites excluding steroid dienone is 2. The van der Waals surface area contributed by atoms with Crippen LogP contribution in [0.5, 0.6) is 0 Å². The fourth-order valence-corrected chi connectivity index (χ4v) is 2.37. The molecular formula is C12H21NO. The topological polar surface area (TPSA) is 23.5 Å². The predicted molar refractivity (Wildman–Crippen MR) is 57.0 cm³/mol. The summed E-state index contributed by atoms with van der Waals surface area (Å²) in [7, 11) is 0. The first kappa shape index (κ1) is 10.0. The molecule has 1 aliphatic heterocycles. The van der Waals surface area contributed by atoms with Crippen molar-refractivity contribution < 1.29 is 5.21 Å². The van der Waals surface area contributed by atoms with Crippen LogP contribution < -0.4 is 0 Å². The van der Waals surface area contributed by atoms with E-state index in [1.807, 2.05) is 0 Å². The number of hydroxylamine groups is 2. The van der Waals surface area contributed by atoms with Crippen LogP contribution in [0.4, 0.5) is 0 Å². The molecule has 1 N–H and O–H groups in total. The lowest BCUT2D eigenvalue weighted by Crippen LogP contribution is -2.26. The summed E-state index contributed by atoms with van der Waals surface area (Å²) >= 11 is 0. The third kappa shape index (κ3) is 2.11. The van der Waals surface area contributed by atoms with E-state index < -0.39 is 0 Å². The molecule has 0 unspecified atom stereocenters. The van der Waals surface area contributed by atoms with Gasteiger partial charge in [0.1, 0.15) is 0 Å². The zero-order chi connectivity index (χ0) is 9.97. The average Bonchev–Trinajstić information content (AvgIpc) is 2.99. The Bertz CT molecular complexity index is 230. The fraction of sp³-hybridized carbons (Fsp3) is 0.833. The van der Waals surface area contributed by atoms with Gasteiger partial charge in [0.2, 0.25) is 0 Å². The van der Waals surface area contributed by atoms with Crippen molar-refractivity contribution in [3.05, 3.63) is 11.3 Å². The van der Waals surface area contributed by atoms with Crippen LogP contribution in [-0.4, -0.2) is 16.8 Å². The fourth-order valence-electron chi connectivity index (χ4n) is 2.37. The van der Waals surface area contributed by atoms with Gasteiger partial charge in [0.25, 0.3) is 0 Å². The lowest BCUT2D eigenvalue weighted by atomic mass is 9.96. The lowest BCUT2D eigenvalue weighted by molar-refractivity contribution is -0.0663. The van der Waals surface area contributed by atoms with Gasteiger partial charge in [-0.15, -0.1) is 0 Å². The average molecular weight is 195 g/mol. The maximum atomic E-state index is 9.82. The van der Waals surface area contributed by atoms with Gasteiger partial charge in [-0.1, -0.05) is 13.3 Å². The van der Waals surface area contributed by atoms with E-state index in [-0.39, 0.29) is 0 Å². The molecule has 1 heterocycles. The van der Waals surface area contributed by atoms with Crippen LogP contribution in [0.15, 0.2) is 11.3 Å². The Morgan fingerprint density at radius 1 is 1.43 bits per heavy atom. The van der Waals surface area contributed by atoms with E-state index in [2.05, 4.69) is 6.92 Å². The van der Waals surface area contributed by atoms with Gasteiger partial charge in [0.05, 0.1) is 0 Å². The molecule has 2 rings (SSSR count). The normalized spacial score (nSPS) is 23.1. The Kier molecular flexibility index (Phi) is 3.12. The Morgan fingerprint density at radius 3 is 2.86 bits per heavy atom. The van der Waals surface area contributed by atoms with E-state index in [1.165, 1.54) is 42.9 Å². The van der Waals surface area contributed by atoms with E-state index in [4.69, 9.17) is 0 Å². The molecule has 0 atom stereocenters. The second-order valence-electron chi connectivity index (χ2n) is 4.58. The van der Waals surface area contributed by atoms with Crippen molar-refractivity contribution >= 4 is 0 Å². The number of unbranched alkanes of at least 4 members (excludes halogenated alkanes) is 1. The van der Waals surface area contributed by atoms with Crippen LogP contribution >= 0.6 is 0 Å². The van der Waals surface area contributed by atoms with Crippen molar-refractivity contribution in [1.82, 2.24) is 5.06 Å². The Labute approximate surface area is 86.6 Å². The van der Waals surface area contributed by atoms with Crippen LogP contribution in [-0.2, 0) is 0 Å². The third-order valence-corrected chi connectivity index (χ3v) is 3.34. The van der Waals surface area contributed by atoms with Gasteiger partial charge in [-0.05, 0) is 50.0 Å². The first-order chi connectivity index (χ1) is 6.83. The SMILES string of the molecule is CCCCC1=C(C2CC2)CCCN1O. The zero-order valence-corrected chi connectivity index (χ0v) is 9.13. The van der Waals surface area contributed by atoms with Crippen LogP contribution in [0, 0.1) is 5.92 Å². The van der Waals surface area contributed by atoms with Gasteiger partial charge in [-0.3, -0.25) is 10.3 Å². The molecule has 2 aliphatic rings. The molecule has 1 fully saturated rings. The first-order valence-corrected chi connectivity index (χ1v) is 6.01. The van der Waals surface area contributed by atoms with E-state index in [0.29, 0.717) is 0 Å². The van der Waals surface area contributed by atoms with Gasteiger partial charge < -0.3 is 0 Å². The number of hydrogen-bond acceptors (Lipinski definition) is 2. The third-order valence-electron chi connectivity index (χ3n) is 3.34. The van der Waals surface area contributed by atoms with Crippen molar-refractivity contribution in [1.29, 1.82) is 0 Å². The highest BCUT2D eigenvalue weighted by Crippen LogP contribution is 2.43. The van der Waals surface area contributed by atoms with Crippen molar-refractivity contribution in [3.63, 3.8) is 0 Å². The van der Waals surface area contributed by atoms with Gasteiger partial charge in [-0.25, -0.2) is 0 Å². The summed E-state index contributed by atoms with van der Waals surface area (Å²) in [6, 6.07) is 0. The van der Waals surface area contributed by atoms with Crippen molar-refractivity contribution in [2.75, 3.05) is 6.54 Å². The standard InChI is InChI=1S/C12H21NO/c1-2-3-6-12-11(10-7-8-10)5-4-9-13(12)14/h10,14H,2-9H2,1H3. The largest absolute Gasteiger partial charge is 0.289 e. The summed E-state index contributed by atoms with van der Waals surface area (Å²) in [6.07, 6.45) is 8.60. The summed E-state index contributed by atoms with van der Waals surface area (Å²) in [6.45, 7) is 3.05. The van der Waals surface area contributed by atoms with E-state index in [9.17, 15) is 5.21 Å². The van der Waals surface area contributed by atoms with Gasteiger partial charge in [0, 0.05) is 12.2 Å². The quantitative estimate of drug-likeness (QED) is 0.743. The molecule has 0 saturated heterocycles. The molecule has 80 valence electrons. The maximum absolute atomic E-state index is 9.82. The van der Waals surface area contributed by atoms with Crippen molar-refractivity contribution in [2.45, 2.75) is 51.9 Å². The number of hydrogen-bond donors (Lipinski definition) is 1. The Hall–Kier alpha value is -0.500. The molecule has 2 heteroatoms. The molecule has 0 bridgehead atoms. The molecule has 0 aromatic rings. The molecule has 1 aliphatic carbocycles. The summed E-state index contributed by atoms with van der Waals surface area (Å²) in [5.41, 5.74) is 2.84. The molecular weight excluding hydrogens is 174 g/mol. The minimum Gasteiger partial charge on any atom is -0.289 e. The molecule has 0 spiro atoms. The molecule has 2 nitrogen and oxygen atoms in total. The lowest BCUT2D eigenvalue weighted by Gasteiger charge is -2.29. The second kappa shape index (κ2) is 4.35. The second-order valence-corrected chi connectivity index (χ2v) is 4.58. The van der Waals surface area contributed by atoms with Crippen LogP contribution in [0.3, 0.4) is 0 Å².